The van der Waals surface area contributed by atoms with Gasteiger partial charge in [0.1, 0.15) is 0 Å². The molecule has 0 spiro atoms. The van der Waals surface area contributed by atoms with Gasteiger partial charge in [0, 0.05) is 41.9 Å². The lowest BCUT2D eigenvalue weighted by atomic mass is 10.0. The highest BCUT2D eigenvalue weighted by Crippen LogP contribution is 2.37. The van der Waals surface area contributed by atoms with Gasteiger partial charge < -0.3 is 15.5 Å². The molecule has 2 aromatic heterocycles. The van der Waals surface area contributed by atoms with Gasteiger partial charge in [0.15, 0.2) is 0 Å². The molecule has 160 valence electrons. The molecule has 3 aromatic rings. The van der Waals surface area contributed by atoms with Crippen molar-refractivity contribution in [1.29, 1.82) is 0 Å². The van der Waals surface area contributed by atoms with E-state index in [4.69, 9.17) is 10.2 Å². The Morgan fingerprint density at radius 3 is 2.74 bits per heavy atom. The molecule has 1 atom stereocenters. The standard InChI is InChI=1S/C25H27N3O2S/c1-3-7-19(10-12-27-2)24-22(20-11-13-30-17-20)15-23(31-24)25(29)28-21(16-26)14-18-8-5-4-6-9-18/h3-13,15,17,21H,14,16,26H2,1-2H3,(H,28,29)/b7-3-,19-10+,27-12?. The smallest absolute Gasteiger partial charge is 0.261 e. The number of aliphatic imine (C=N–C) groups is 1. The third-order valence-corrected chi connectivity index (χ3v) is 5.93. The summed E-state index contributed by atoms with van der Waals surface area (Å²) in [6, 6.07) is 13.7. The predicted molar refractivity (Wildman–Crippen MR) is 130 cm³/mol. The average molecular weight is 434 g/mol. The Hall–Kier alpha value is -3.22. The molecular weight excluding hydrogens is 406 g/mol. The van der Waals surface area contributed by atoms with Crippen molar-refractivity contribution in [2.75, 3.05) is 13.6 Å². The Labute approximate surface area is 187 Å². The van der Waals surface area contributed by atoms with Crippen LogP contribution < -0.4 is 11.1 Å². The quantitative estimate of drug-likeness (QED) is 0.369. The van der Waals surface area contributed by atoms with E-state index < -0.39 is 0 Å². The van der Waals surface area contributed by atoms with Crippen LogP contribution in [0.2, 0.25) is 0 Å². The number of nitrogens with two attached hydrogens (primary N) is 1. The van der Waals surface area contributed by atoms with Crippen molar-refractivity contribution in [1.82, 2.24) is 5.32 Å². The number of furan rings is 1. The first kappa shape index (κ1) is 22.5. The predicted octanol–water partition coefficient (Wildman–Crippen LogP) is 4.97. The molecular formula is C25H27N3O2S. The van der Waals surface area contributed by atoms with E-state index in [1.54, 1.807) is 25.8 Å². The zero-order valence-corrected chi connectivity index (χ0v) is 18.6. The molecule has 0 aliphatic heterocycles. The number of carbonyl (C=O) groups is 1. The zero-order chi connectivity index (χ0) is 22.1. The van der Waals surface area contributed by atoms with Crippen LogP contribution in [0.4, 0.5) is 0 Å². The minimum Gasteiger partial charge on any atom is -0.472 e. The highest BCUT2D eigenvalue weighted by atomic mass is 32.1. The van der Waals surface area contributed by atoms with Crippen molar-refractivity contribution >= 4 is 29.0 Å². The van der Waals surface area contributed by atoms with Crippen LogP contribution in [0.25, 0.3) is 16.7 Å². The van der Waals surface area contributed by atoms with Crippen molar-refractivity contribution in [3.8, 4) is 11.1 Å². The summed E-state index contributed by atoms with van der Waals surface area (Å²) in [5, 5.41) is 3.09. The van der Waals surface area contributed by atoms with Gasteiger partial charge in [0.2, 0.25) is 0 Å². The molecule has 0 radical (unpaired) electrons. The molecule has 1 aromatic carbocycles. The van der Waals surface area contributed by atoms with Gasteiger partial charge in [-0.2, -0.15) is 0 Å². The molecule has 5 nitrogen and oxygen atoms in total. The molecule has 31 heavy (non-hydrogen) atoms. The third-order valence-electron chi connectivity index (χ3n) is 4.74. The van der Waals surface area contributed by atoms with E-state index in [0.29, 0.717) is 17.8 Å². The molecule has 1 amide bonds. The number of rotatable bonds is 9. The lowest BCUT2D eigenvalue weighted by molar-refractivity contribution is 0.0942. The minimum atomic E-state index is -0.143. The van der Waals surface area contributed by atoms with Crippen molar-refractivity contribution in [2.45, 2.75) is 19.4 Å². The molecule has 1 unspecified atom stereocenters. The van der Waals surface area contributed by atoms with Crippen LogP contribution in [0.15, 0.2) is 82.6 Å². The van der Waals surface area contributed by atoms with Gasteiger partial charge in [0.05, 0.1) is 17.4 Å². The largest absolute Gasteiger partial charge is 0.472 e. The fourth-order valence-corrected chi connectivity index (χ4v) is 4.33. The van der Waals surface area contributed by atoms with Gasteiger partial charge in [-0.05, 0) is 42.7 Å². The third kappa shape index (κ3) is 5.90. The van der Waals surface area contributed by atoms with Crippen LogP contribution >= 0.6 is 11.3 Å². The molecule has 0 saturated heterocycles. The molecule has 0 saturated carbocycles. The number of thiophene rings is 1. The Kier molecular flexibility index (Phi) is 8.15. The normalized spacial score (nSPS) is 13.2. The zero-order valence-electron chi connectivity index (χ0n) is 17.7. The second-order valence-electron chi connectivity index (χ2n) is 6.99. The lowest BCUT2D eigenvalue weighted by Gasteiger charge is -2.16. The number of carbonyl (C=O) groups excluding carboxylic acids is 1. The minimum absolute atomic E-state index is 0.128. The summed E-state index contributed by atoms with van der Waals surface area (Å²) in [6.07, 6.45) is 11.7. The number of amides is 1. The maximum absolute atomic E-state index is 13.1. The molecule has 3 N–H and O–H groups in total. The molecule has 3 rings (SSSR count). The van der Waals surface area contributed by atoms with Crippen molar-refractivity contribution < 1.29 is 9.21 Å². The Bertz CT molecular complexity index is 1060. The first-order valence-electron chi connectivity index (χ1n) is 10.1. The summed E-state index contributed by atoms with van der Waals surface area (Å²) in [5.41, 5.74) is 9.94. The first-order chi connectivity index (χ1) is 15.2. The number of hydrogen-bond donors (Lipinski definition) is 2. The topological polar surface area (TPSA) is 80.6 Å². The Balaban J connectivity index is 1.91. The molecule has 0 aliphatic carbocycles. The highest BCUT2D eigenvalue weighted by molar-refractivity contribution is 7.15. The highest BCUT2D eigenvalue weighted by Gasteiger charge is 2.20. The summed E-state index contributed by atoms with van der Waals surface area (Å²) >= 11 is 1.45. The van der Waals surface area contributed by atoms with Gasteiger partial charge in [-0.25, -0.2) is 0 Å². The van der Waals surface area contributed by atoms with Crippen LogP contribution in [0.1, 0.15) is 27.0 Å². The second-order valence-corrected chi connectivity index (χ2v) is 8.04. The monoisotopic (exact) mass is 433 g/mol. The first-order valence-corrected chi connectivity index (χ1v) is 10.9. The van der Waals surface area contributed by atoms with Crippen molar-refractivity contribution in [3.63, 3.8) is 0 Å². The van der Waals surface area contributed by atoms with Gasteiger partial charge in [-0.1, -0.05) is 42.5 Å². The summed E-state index contributed by atoms with van der Waals surface area (Å²) < 4.78 is 5.29. The molecule has 6 heteroatoms. The van der Waals surface area contributed by atoms with E-state index in [1.807, 2.05) is 67.6 Å². The second kappa shape index (κ2) is 11.2. The number of allylic oxidation sites excluding steroid dienone is 4. The van der Waals surface area contributed by atoms with E-state index >= 15 is 0 Å². The van der Waals surface area contributed by atoms with Crippen LogP contribution in [0.3, 0.4) is 0 Å². The van der Waals surface area contributed by atoms with Crippen molar-refractivity contribution in [2.24, 2.45) is 10.7 Å². The Morgan fingerprint density at radius 1 is 1.29 bits per heavy atom. The SMILES string of the molecule is C/C=C\C(=C/C=NC)c1sc(C(=O)NC(CN)Cc2ccccc2)cc1-c1ccoc1. The van der Waals surface area contributed by atoms with E-state index in [2.05, 4.69) is 10.3 Å². The molecule has 0 bridgehead atoms. The van der Waals surface area contributed by atoms with Gasteiger partial charge in [0.25, 0.3) is 5.91 Å². The van der Waals surface area contributed by atoms with E-state index in [1.165, 1.54) is 11.3 Å². The fourth-order valence-electron chi connectivity index (χ4n) is 3.24. The van der Waals surface area contributed by atoms with Gasteiger partial charge in [-0.15, -0.1) is 11.3 Å². The average Bonchev–Trinajstić information content (AvgIpc) is 3.47. The molecule has 0 aliphatic rings. The summed E-state index contributed by atoms with van der Waals surface area (Å²) in [4.78, 5) is 18.8. The van der Waals surface area contributed by atoms with Crippen LogP contribution in [0, 0.1) is 0 Å². The van der Waals surface area contributed by atoms with Crippen LogP contribution in [-0.4, -0.2) is 31.8 Å². The van der Waals surface area contributed by atoms with E-state index in [9.17, 15) is 4.79 Å². The van der Waals surface area contributed by atoms with Crippen molar-refractivity contribution in [3.05, 3.63) is 88.5 Å². The maximum Gasteiger partial charge on any atom is 0.261 e. The van der Waals surface area contributed by atoms with E-state index in [0.717, 1.165) is 27.1 Å². The van der Waals surface area contributed by atoms with Crippen LogP contribution in [0.5, 0.6) is 0 Å². The number of nitrogens with one attached hydrogen (secondary N) is 1. The number of nitrogens with zero attached hydrogens (tertiary/aromatic N) is 1. The summed E-state index contributed by atoms with van der Waals surface area (Å²) in [6.45, 7) is 2.33. The molecule has 0 fully saturated rings. The summed E-state index contributed by atoms with van der Waals surface area (Å²) in [7, 11) is 1.73. The Morgan fingerprint density at radius 2 is 2.10 bits per heavy atom. The number of hydrogen-bond acceptors (Lipinski definition) is 5. The van der Waals surface area contributed by atoms with E-state index in [-0.39, 0.29) is 11.9 Å². The fraction of sp³-hybridized carbons (Fsp3) is 0.200. The lowest BCUT2D eigenvalue weighted by Crippen LogP contribution is -2.41. The van der Waals surface area contributed by atoms with Crippen LogP contribution in [-0.2, 0) is 6.42 Å². The molecule has 2 heterocycles. The summed E-state index contributed by atoms with van der Waals surface area (Å²) in [5.74, 6) is -0.128. The maximum atomic E-state index is 13.1. The number of benzene rings is 1. The van der Waals surface area contributed by atoms with Gasteiger partial charge >= 0.3 is 0 Å². The van der Waals surface area contributed by atoms with Gasteiger partial charge in [-0.3, -0.25) is 9.79 Å².